The molecule has 4 nitrogen and oxygen atoms in total. The molecule has 1 heterocycles. The first-order valence-corrected chi connectivity index (χ1v) is 9.86. The van der Waals surface area contributed by atoms with Gasteiger partial charge in [-0.25, -0.2) is 12.8 Å². The molecular formula is C18H20ClFN2O2S. The first-order chi connectivity index (χ1) is 11.8. The van der Waals surface area contributed by atoms with Crippen LogP contribution < -0.4 is 4.90 Å². The number of benzene rings is 2. The molecule has 0 saturated carbocycles. The lowest BCUT2D eigenvalue weighted by Gasteiger charge is -2.25. The Morgan fingerprint density at radius 3 is 2.44 bits per heavy atom. The van der Waals surface area contributed by atoms with Crippen LogP contribution in [0.3, 0.4) is 0 Å². The van der Waals surface area contributed by atoms with Gasteiger partial charge in [-0.2, -0.15) is 4.31 Å². The highest BCUT2D eigenvalue weighted by Crippen LogP contribution is 2.37. The Hall–Kier alpha value is -1.63. The van der Waals surface area contributed by atoms with E-state index in [-0.39, 0.29) is 16.8 Å². The highest BCUT2D eigenvalue weighted by atomic mass is 35.5. The standard InChI is InChI=1S/C18H20ClFN2O2S/c1-21(2)18-10-5-13(12-16(18)20)17-4-3-11-22(17)25(23,24)15-8-6-14(19)7-9-15/h5-10,12,17H,3-4,11H2,1-2H3/t17-/m0/s1. The minimum absolute atomic E-state index is 0.203. The van der Waals surface area contributed by atoms with Crippen molar-refractivity contribution in [2.24, 2.45) is 0 Å². The molecule has 7 heteroatoms. The topological polar surface area (TPSA) is 40.6 Å². The van der Waals surface area contributed by atoms with Crippen molar-refractivity contribution >= 4 is 27.3 Å². The van der Waals surface area contributed by atoms with E-state index < -0.39 is 10.0 Å². The third kappa shape index (κ3) is 3.52. The van der Waals surface area contributed by atoms with E-state index in [1.165, 1.54) is 22.5 Å². The van der Waals surface area contributed by atoms with Crippen LogP contribution in [0.2, 0.25) is 5.02 Å². The Bertz CT molecular complexity index is 869. The molecule has 1 atom stereocenters. The molecule has 1 aliphatic rings. The van der Waals surface area contributed by atoms with Gasteiger partial charge in [-0.05, 0) is 54.8 Å². The Kier molecular flexibility index (Phi) is 5.04. The van der Waals surface area contributed by atoms with Gasteiger partial charge in [0.2, 0.25) is 10.0 Å². The molecule has 1 fully saturated rings. The highest BCUT2D eigenvalue weighted by Gasteiger charge is 2.36. The zero-order valence-corrected chi connectivity index (χ0v) is 15.7. The lowest BCUT2D eigenvalue weighted by Crippen LogP contribution is -2.30. The highest BCUT2D eigenvalue weighted by molar-refractivity contribution is 7.89. The van der Waals surface area contributed by atoms with E-state index in [4.69, 9.17) is 11.6 Å². The number of halogens is 2. The number of hydrogen-bond donors (Lipinski definition) is 0. The van der Waals surface area contributed by atoms with Crippen molar-refractivity contribution < 1.29 is 12.8 Å². The largest absolute Gasteiger partial charge is 0.375 e. The van der Waals surface area contributed by atoms with Crippen LogP contribution in [0.15, 0.2) is 47.4 Å². The summed E-state index contributed by atoms with van der Waals surface area (Å²) in [7, 11) is -0.113. The monoisotopic (exact) mass is 382 g/mol. The van der Waals surface area contributed by atoms with Gasteiger partial charge in [-0.1, -0.05) is 17.7 Å². The molecule has 0 spiro atoms. The summed E-state index contributed by atoms with van der Waals surface area (Å²) >= 11 is 5.85. The van der Waals surface area contributed by atoms with Crippen LogP contribution in [0.25, 0.3) is 0 Å². The van der Waals surface area contributed by atoms with E-state index in [0.29, 0.717) is 29.2 Å². The molecule has 25 heavy (non-hydrogen) atoms. The summed E-state index contributed by atoms with van der Waals surface area (Å²) < 4.78 is 41.7. The molecular weight excluding hydrogens is 363 g/mol. The molecule has 2 aromatic carbocycles. The molecule has 0 N–H and O–H groups in total. The van der Waals surface area contributed by atoms with Crippen molar-refractivity contribution in [3.8, 4) is 0 Å². The summed E-state index contributed by atoms with van der Waals surface area (Å²) in [6.45, 7) is 0.423. The molecule has 0 amide bonds. The fourth-order valence-electron chi connectivity index (χ4n) is 3.20. The van der Waals surface area contributed by atoms with Gasteiger partial charge >= 0.3 is 0 Å². The van der Waals surface area contributed by atoms with Gasteiger partial charge in [0.1, 0.15) is 5.82 Å². The number of nitrogens with zero attached hydrogens (tertiary/aromatic N) is 2. The first-order valence-electron chi connectivity index (χ1n) is 8.05. The average molecular weight is 383 g/mol. The fourth-order valence-corrected chi connectivity index (χ4v) is 5.00. The van der Waals surface area contributed by atoms with Crippen LogP contribution in [0.1, 0.15) is 24.4 Å². The number of rotatable bonds is 4. The summed E-state index contributed by atoms with van der Waals surface area (Å²) in [5, 5.41) is 0.485. The van der Waals surface area contributed by atoms with E-state index >= 15 is 0 Å². The van der Waals surface area contributed by atoms with Gasteiger partial charge in [0, 0.05) is 25.7 Å². The van der Waals surface area contributed by atoms with Crippen molar-refractivity contribution in [2.45, 2.75) is 23.8 Å². The van der Waals surface area contributed by atoms with E-state index in [1.54, 1.807) is 43.3 Å². The van der Waals surface area contributed by atoms with E-state index in [9.17, 15) is 12.8 Å². The van der Waals surface area contributed by atoms with Gasteiger partial charge in [0.05, 0.1) is 16.6 Å². The summed E-state index contributed by atoms with van der Waals surface area (Å²) in [5.41, 5.74) is 1.16. The molecule has 0 aromatic heterocycles. The van der Waals surface area contributed by atoms with Crippen LogP contribution in [-0.2, 0) is 10.0 Å². The SMILES string of the molecule is CN(C)c1ccc([C@@H]2CCCN2S(=O)(=O)c2ccc(Cl)cc2)cc1F. The Morgan fingerprint density at radius 1 is 1.16 bits per heavy atom. The van der Waals surface area contributed by atoms with Gasteiger partial charge in [-0.15, -0.1) is 0 Å². The first kappa shape index (κ1) is 18.2. The van der Waals surface area contributed by atoms with E-state index in [1.807, 2.05) is 0 Å². The van der Waals surface area contributed by atoms with Gasteiger partial charge in [0.25, 0.3) is 0 Å². The minimum atomic E-state index is -3.65. The quantitative estimate of drug-likeness (QED) is 0.800. The maximum absolute atomic E-state index is 14.3. The van der Waals surface area contributed by atoms with Gasteiger partial charge < -0.3 is 4.90 Å². The van der Waals surface area contributed by atoms with Crippen LogP contribution in [0.5, 0.6) is 0 Å². The normalized spacial score (nSPS) is 18.5. The van der Waals surface area contributed by atoms with Crippen LogP contribution in [0, 0.1) is 5.82 Å². The zero-order chi connectivity index (χ0) is 18.2. The molecule has 0 aliphatic carbocycles. The predicted molar refractivity (Wildman–Crippen MR) is 98.0 cm³/mol. The second-order valence-corrected chi connectivity index (χ2v) is 8.66. The lowest BCUT2D eigenvalue weighted by molar-refractivity contribution is 0.395. The minimum Gasteiger partial charge on any atom is -0.375 e. The number of hydrogen-bond acceptors (Lipinski definition) is 3. The van der Waals surface area contributed by atoms with Crippen molar-refractivity contribution in [1.82, 2.24) is 4.31 Å². The van der Waals surface area contributed by atoms with Crippen molar-refractivity contribution in [3.05, 3.63) is 58.9 Å². The summed E-state index contributed by atoms with van der Waals surface area (Å²) in [4.78, 5) is 1.89. The fraction of sp³-hybridized carbons (Fsp3) is 0.333. The summed E-state index contributed by atoms with van der Waals surface area (Å²) in [6.07, 6.45) is 1.42. The summed E-state index contributed by atoms with van der Waals surface area (Å²) in [6, 6.07) is 10.7. The summed E-state index contributed by atoms with van der Waals surface area (Å²) in [5.74, 6) is -0.349. The third-order valence-corrected chi connectivity index (χ3v) is 6.64. The molecule has 1 aliphatic heterocycles. The Morgan fingerprint density at radius 2 is 1.84 bits per heavy atom. The van der Waals surface area contributed by atoms with Gasteiger partial charge in [0.15, 0.2) is 0 Å². The Labute approximate surface area is 152 Å². The van der Waals surface area contributed by atoms with E-state index in [2.05, 4.69) is 0 Å². The maximum Gasteiger partial charge on any atom is 0.243 e. The van der Waals surface area contributed by atoms with E-state index in [0.717, 1.165) is 6.42 Å². The molecule has 3 rings (SSSR count). The predicted octanol–water partition coefficient (Wildman–Crippen LogP) is 4.07. The molecule has 2 aromatic rings. The second-order valence-electron chi connectivity index (χ2n) is 6.33. The maximum atomic E-state index is 14.3. The van der Waals surface area contributed by atoms with Crippen molar-refractivity contribution in [3.63, 3.8) is 0 Å². The molecule has 0 radical (unpaired) electrons. The Balaban J connectivity index is 1.95. The van der Waals surface area contributed by atoms with Crippen LogP contribution in [0.4, 0.5) is 10.1 Å². The van der Waals surface area contributed by atoms with Crippen LogP contribution in [-0.4, -0.2) is 33.4 Å². The number of sulfonamides is 1. The van der Waals surface area contributed by atoms with Gasteiger partial charge in [-0.3, -0.25) is 0 Å². The smallest absolute Gasteiger partial charge is 0.243 e. The molecule has 0 unspecified atom stereocenters. The zero-order valence-electron chi connectivity index (χ0n) is 14.1. The van der Waals surface area contributed by atoms with Crippen LogP contribution >= 0.6 is 11.6 Å². The molecule has 1 saturated heterocycles. The van der Waals surface area contributed by atoms with Crippen molar-refractivity contribution in [2.75, 3.05) is 25.5 Å². The lowest BCUT2D eigenvalue weighted by atomic mass is 10.0. The second kappa shape index (κ2) is 6.94. The third-order valence-electron chi connectivity index (χ3n) is 4.46. The van der Waals surface area contributed by atoms with Crippen molar-refractivity contribution in [1.29, 1.82) is 0 Å². The molecule has 0 bridgehead atoms. The average Bonchev–Trinajstić information content (AvgIpc) is 3.05. The molecule has 134 valence electrons. The number of anilines is 1.